The first kappa shape index (κ1) is 18.9. The topological polar surface area (TPSA) is 57.7 Å². The monoisotopic (exact) mass is 392 g/mol. The predicted molar refractivity (Wildman–Crippen MR) is 102 cm³/mol. The molecule has 1 aliphatic rings. The zero-order chi connectivity index (χ0) is 18.7. The average Bonchev–Trinajstić information content (AvgIpc) is 2.64. The largest absolute Gasteiger partial charge is 0.340 e. The van der Waals surface area contributed by atoms with E-state index >= 15 is 0 Å². The molecule has 0 saturated carbocycles. The van der Waals surface area contributed by atoms with Gasteiger partial charge in [0.15, 0.2) is 0 Å². The fraction of sp³-hybridized carbons (Fsp3) is 0.316. The van der Waals surface area contributed by atoms with Gasteiger partial charge in [0.2, 0.25) is 15.9 Å². The minimum Gasteiger partial charge on any atom is -0.340 e. The molecule has 0 spiro atoms. The summed E-state index contributed by atoms with van der Waals surface area (Å²) >= 11 is 6.11. The van der Waals surface area contributed by atoms with Crippen LogP contribution in [0.15, 0.2) is 53.4 Å². The van der Waals surface area contributed by atoms with Crippen LogP contribution < -0.4 is 0 Å². The highest BCUT2D eigenvalue weighted by Gasteiger charge is 2.30. The zero-order valence-electron chi connectivity index (χ0n) is 14.6. The molecule has 2 aromatic carbocycles. The maximum Gasteiger partial charge on any atom is 0.243 e. The number of rotatable bonds is 4. The van der Waals surface area contributed by atoms with Crippen LogP contribution in [0, 0.1) is 6.92 Å². The number of hydrogen-bond donors (Lipinski definition) is 0. The van der Waals surface area contributed by atoms with E-state index in [1.807, 2.05) is 25.1 Å². The molecule has 1 fully saturated rings. The maximum atomic E-state index is 12.7. The van der Waals surface area contributed by atoms with Gasteiger partial charge < -0.3 is 4.90 Å². The molecule has 0 aliphatic carbocycles. The van der Waals surface area contributed by atoms with Crippen molar-refractivity contribution in [3.63, 3.8) is 0 Å². The van der Waals surface area contributed by atoms with Gasteiger partial charge in [-0.25, -0.2) is 8.42 Å². The van der Waals surface area contributed by atoms with Crippen LogP contribution in [0.2, 0.25) is 5.02 Å². The van der Waals surface area contributed by atoms with Gasteiger partial charge in [-0.15, -0.1) is 0 Å². The molecule has 0 bridgehead atoms. The maximum absolute atomic E-state index is 12.7. The van der Waals surface area contributed by atoms with Crippen molar-refractivity contribution in [3.05, 3.63) is 64.7 Å². The van der Waals surface area contributed by atoms with Gasteiger partial charge in [-0.05, 0) is 30.7 Å². The molecule has 7 heteroatoms. The van der Waals surface area contributed by atoms with Crippen molar-refractivity contribution < 1.29 is 13.2 Å². The number of piperazine rings is 1. The Hall–Kier alpha value is -1.89. The number of aryl methyl sites for hydroxylation is 1. The highest BCUT2D eigenvalue weighted by atomic mass is 35.5. The summed E-state index contributed by atoms with van der Waals surface area (Å²) in [6.07, 6.45) is 0.227. The van der Waals surface area contributed by atoms with E-state index < -0.39 is 10.0 Å². The second kappa shape index (κ2) is 7.78. The fourth-order valence-electron chi connectivity index (χ4n) is 2.95. The molecule has 0 aromatic heterocycles. The molecule has 5 nitrogen and oxygen atoms in total. The Morgan fingerprint density at radius 2 is 1.62 bits per heavy atom. The Bertz CT molecular complexity index is 889. The van der Waals surface area contributed by atoms with E-state index in [-0.39, 0.29) is 12.3 Å². The van der Waals surface area contributed by atoms with E-state index in [9.17, 15) is 13.2 Å². The molecule has 0 radical (unpaired) electrons. The Morgan fingerprint density at radius 3 is 2.23 bits per heavy atom. The number of carbonyl (C=O) groups is 1. The van der Waals surface area contributed by atoms with Gasteiger partial charge in [-0.3, -0.25) is 4.79 Å². The summed E-state index contributed by atoms with van der Waals surface area (Å²) in [4.78, 5) is 14.5. The van der Waals surface area contributed by atoms with Crippen molar-refractivity contribution in [1.82, 2.24) is 9.21 Å². The number of benzene rings is 2. The van der Waals surface area contributed by atoms with Crippen LogP contribution in [0.1, 0.15) is 11.1 Å². The number of hydrogen-bond acceptors (Lipinski definition) is 3. The van der Waals surface area contributed by atoms with Gasteiger partial charge >= 0.3 is 0 Å². The molecule has 138 valence electrons. The van der Waals surface area contributed by atoms with Crippen molar-refractivity contribution >= 4 is 27.5 Å². The minimum atomic E-state index is -3.52. The Morgan fingerprint density at radius 1 is 1.00 bits per heavy atom. The van der Waals surface area contributed by atoms with Crippen LogP contribution >= 0.6 is 11.6 Å². The van der Waals surface area contributed by atoms with Crippen molar-refractivity contribution in [1.29, 1.82) is 0 Å². The van der Waals surface area contributed by atoms with E-state index in [0.717, 1.165) is 11.1 Å². The molecule has 2 aromatic rings. The van der Waals surface area contributed by atoms with Gasteiger partial charge in [-0.2, -0.15) is 4.31 Å². The normalized spacial score (nSPS) is 15.8. The summed E-state index contributed by atoms with van der Waals surface area (Å²) in [6.45, 7) is 3.28. The molecule has 1 saturated heterocycles. The molecule has 0 atom stereocenters. The number of carbonyl (C=O) groups excluding carboxylic acids is 1. The Kier molecular flexibility index (Phi) is 5.65. The first-order valence-electron chi connectivity index (χ1n) is 8.46. The third-order valence-electron chi connectivity index (χ3n) is 4.55. The van der Waals surface area contributed by atoms with Gasteiger partial charge in [0.05, 0.1) is 11.3 Å². The number of halogens is 1. The molecule has 1 amide bonds. The van der Waals surface area contributed by atoms with Crippen molar-refractivity contribution in [2.75, 3.05) is 26.2 Å². The molecule has 0 unspecified atom stereocenters. The molecule has 1 heterocycles. The lowest BCUT2D eigenvalue weighted by Gasteiger charge is -2.34. The third kappa shape index (κ3) is 4.09. The zero-order valence-corrected chi connectivity index (χ0v) is 16.1. The third-order valence-corrected chi connectivity index (χ3v) is 6.83. The SMILES string of the molecule is Cc1ccc(S(=O)(=O)N2CCN(C(=O)Cc3ccccc3Cl)CC2)cc1. The highest BCUT2D eigenvalue weighted by Crippen LogP contribution is 2.20. The number of nitrogens with zero attached hydrogens (tertiary/aromatic N) is 2. The summed E-state index contributed by atoms with van der Waals surface area (Å²) in [5, 5.41) is 0.571. The second-order valence-corrected chi connectivity index (χ2v) is 8.71. The van der Waals surface area contributed by atoms with Crippen LogP contribution in [0.3, 0.4) is 0 Å². The van der Waals surface area contributed by atoms with Gasteiger partial charge in [0.25, 0.3) is 0 Å². The molecular formula is C19H21ClN2O3S. The van der Waals surface area contributed by atoms with Crippen LogP contribution in [-0.4, -0.2) is 49.7 Å². The lowest BCUT2D eigenvalue weighted by Crippen LogP contribution is -2.50. The van der Waals surface area contributed by atoms with Crippen molar-refractivity contribution in [2.45, 2.75) is 18.2 Å². The summed E-state index contributed by atoms with van der Waals surface area (Å²) in [6, 6.07) is 14.1. The van der Waals surface area contributed by atoms with Crippen molar-refractivity contribution in [3.8, 4) is 0 Å². The van der Waals surface area contributed by atoms with Crippen LogP contribution in [0.5, 0.6) is 0 Å². The summed E-state index contributed by atoms with van der Waals surface area (Å²) in [5.74, 6) is -0.0366. The summed E-state index contributed by atoms with van der Waals surface area (Å²) in [7, 11) is -3.52. The Balaban J connectivity index is 1.62. The first-order valence-corrected chi connectivity index (χ1v) is 10.3. The van der Waals surface area contributed by atoms with Crippen molar-refractivity contribution in [2.24, 2.45) is 0 Å². The summed E-state index contributed by atoms with van der Waals surface area (Å²) in [5.41, 5.74) is 1.80. The highest BCUT2D eigenvalue weighted by molar-refractivity contribution is 7.89. The Labute approximate surface area is 159 Å². The van der Waals surface area contributed by atoms with Gasteiger partial charge in [0.1, 0.15) is 0 Å². The second-order valence-electron chi connectivity index (χ2n) is 6.37. The van der Waals surface area contributed by atoms with Crippen LogP contribution in [0.25, 0.3) is 0 Å². The van der Waals surface area contributed by atoms with Gasteiger partial charge in [0, 0.05) is 31.2 Å². The average molecular weight is 393 g/mol. The van der Waals surface area contributed by atoms with Crippen LogP contribution in [-0.2, 0) is 21.2 Å². The van der Waals surface area contributed by atoms with Gasteiger partial charge in [-0.1, -0.05) is 47.5 Å². The molecular weight excluding hydrogens is 372 g/mol. The smallest absolute Gasteiger partial charge is 0.243 e. The van der Waals surface area contributed by atoms with E-state index in [4.69, 9.17) is 11.6 Å². The van der Waals surface area contributed by atoms with Crippen LogP contribution in [0.4, 0.5) is 0 Å². The molecule has 3 rings (SSSR count). The quantitative estimate of drug-likeness (QED) is 0.803. The molecule has 0 N–H and O–H groups in total. The number of amides is 1. The van der Waals surface area contributed by atoms with E-state index in [0.29, 0.717) is 36.1 Å². The minimum absolute atomic E-state index is 0.0366. The first-order chi connectivity index (χ1) is 12.4. The van der Waals surface area contributed by atoms with E-state index in [1.54, 1.807) is 35.2 Å². The fourth-order valence-corrected chi connectivity index (χ4v) is 4.58. The lowest BCUT2D eigenvalue weighted by molar-refractivity contribution is -0.131. The lowest BCUT2D eigenvalue weighted by atomic mass is 10.1. The number of sulfonamides is 1. The predicted octanol–water partition coefficient (Wildman–Crippen LogP) is 2.72. The summed E-state index contributed by atoms with van der Waals surface area (Å²) < 4.78 is 26.9. The van der Waals surface area contributed by atoms with E-state index in [2.05, 4.69) is 0 Å². The molecule has 1 aliphatic heterocycles. The van der Waals surface area contributed by atoms with E-state index in [1.165, 1.54) is 4.31 Å². The molecule has 26 heavy (non-hydrogen) atoms. The standard InChI is InChI=1S/C19H21ClN2O3S/c1-15-6-8-17(9-7-15)26(24,25)22-12-10-21(11-13-22)19(23)14-16-4-2-3-5-18(16)20/h2-9H,10-14H2,1H3.